The molecule has 2 aromatic carbocycles. The van der Waals surface area contributed by atoms with Crippen LogP contribution in [0.2, 0.25) is 0 Å². The van der Waals surface area contributed by atoms with Crippen molar-refractivity contribution in [3.63, 3.8) is 0 Å². The van der Waals surface area contributed by atoms with Gasteiger partial charge in [-0.05, 0) is 38.5 Å². The smallest absolute Gasteiger partial charge is 0.311 e. The maximum atomic E-state index is 12.8. The first-order valence-corrected chi connectivity index (χ1v) is 12.5. The number of ether oxygens (including phenoxy) is 5. The number of rotatable bonds is 10. The van der Waals surface area contributed by atoms with Crippen molar-refractivity contribution in [3.05, 3.63) is 66.2 Å². The number of hydrogen-bond acceptors (Lipinski definition) is 8. The van der Waals surface area contributed by atoms with E-state index in [2.05, 4.69) is 0 Å². The number of carbonyl (C=O) groups excluding carboxylic acids is 2. The van der Waals surface area contributed by atoms with Gasteiger partial charge in [-0.25, -0.2) is 0 Å². The molecule has 7 nitrogen and oxygen atoms in total. The van der Waals surface area contributed by atoms with E-state index < -0.39 is 41.2 Å². The predicted octanol–water partition coefficient (Wildman–Crippen LogP) is 4.63. The first kappa shape index (κ1) is 27.2. The highest BCUT2D eigenvalue weighted by atomic mass is 32.2. The van der Waals surface area contributed by atoms with Crippen LogP contribution in [0.5, 0.6) is 0 Å². The monoisotopic (exact) mass is 502 g/mol. The van der Waals surface area contributed by atoms with Gasteiger partial charge in [0.1, 0.15) is 17.6 Å². The Kier molecular flexibility index (Phi) is 9.74. The Morgan fingerprint density at radius 3 is 2.20 bits per heavy atom. The van der Waals surface area contributed by atoms with E-state index in [1.165, 1.54) is 25.8 Å². The lowest BCUT2D eigenvalue weighted by Gasteiger charge is -2.28. The maximum absolute atomic E-state index is 12.8. The second-order valence-electron chi connectivity index (χ2n) is 9.37. The van der Waals surface area contributed by atoms with Crippen molar-refractivity contribution < 1.29 is 33.3 Å². The van der Waals surface area contributed by atoms with Crippen LogP contribution in [0.3, 0.4) is 0 Å². The lowest BCUT2D eigenvalue weighted by atomic mass is 9.97. The molecule has 5 atom stereocenters. The second kappa shape index (κ2) is 12.5. The van der Waals surface area contributed by atoms with Crippen molar-refractivity contribution in [1.82, 2.24) is 0 Å². The van der Waals surface area contributed by atoms with Gasteiger partial charge in [0.05, 0.1) is 18.6 Å². The minimum absolute atomic E-state index is 0.0989. The molecule has 0 bridgehead atoms. The highest BCUT2D eigenvalue weighted by Crippen LogP contribution is 2.39. The molecule has 0 aromatic heterocycles. The van der Waals surface area contributed by atoms with Gasteiger partial charge in [-0.15, -0.1) is 0 Å². The van der Waals surface area contributed by atoms with Crippen molar-refractivity contribution in [2.24, 2.45) is 5.41 Å². The van der Waals surface area contributed by atoms with Gasteiger partial charge in [0.2, 0.25) is 0 Å². The van der Waals surface area contributed by atoms with Gasteiger partial charge in [-0.3, -0.25) is 9.59 Å². The van der Waals surface area contributed by atoms with Gasteiger partial charge in [0, 0.05) is 18.9 Å². The van der Waals surface area contributed by atoms with Gasteiger partial charge >= 0.3 is 11.9 Å². The Hall–Kier alpha value is -2.39. The summed E-state index contributed by atoms with van der Waals surface area (Å²) in [5, 5.41) is 0. The molecule has 0 amide bonds. The Labute approximate surface area is 211 Å². The van der Waals surface area contributed by atoms with Gasteiger partial charge in [-0.1, -0.05) is 60.3 Å². The van der Waals surface area contributed by atoms with Crippen LogP contribution in [0.15, 0.2) is 65.6 Å². The summed E-state index contributed by atoms with van der Waals surface area (Å²) in [6, 6.07) is 19.4. The molecule has 2 aromatic rings. The SMILES string of the molecule is CO[C@H]1[C@@H](OC(=O)C(C)(C)C)[C@H](Sc2ccccc2)O[C@@H]1[C@H](COCc1ccccc1)OC(C)=O. The zero-order chi connectivity index (χ0) is 25.4. The molecule has 190 valence electrons. The number of carbonyl (C=O) groups is 2. The van der Waals surface area contributed by atoms with E-state index in [-0.39, 0.29) is 12.6 Å². The number of methoxy groups -OCH3 is 1. The molecule has 0 spiro atoms. The van der Waals surface area contributed by atoms with Crippen LogP contribution in [-0.4, -0.2) is 55.5 Å². The quantitative estimate of drug-likeness (QED) is 0.435. The minimum atomic E-state index is -0.752. The molecular weight excluding hydrogens is 468 g/mol. The summed E-state index contributed by atoms with van der Waals surface area (Å²) >= 11 is 1.43. The Bertz CT molecular complexity index is 945. The molecule has 0 saturated carbocycles. The van der Waals surface area contributed by atoms with Crippen molar-refractivity contribution >= 4 is 23.7 Å². The lowest BCUT2D eigenvalue weighted by Crippen LogP contribution is -2.46. The fraction of sp³-hybridized carbons (Fsp3) is 0.481. The standard InChI is InChI=1S/C27H34O7S/c1-18(28)32-21(17-31-16-19-12-8-6-9-13-19)22-23(30-5)24(34-26(29)27(2,3)4)25(33-22)35-20-14-10-7-11-15-20/h6-15,21-25H,16-17H2,1-5H3/t21-,22+,23+,24+,25-/m0/s1. The normalized spacial score (nSPS) is 23.0. The fourth-order valence-electron chi connectivity index (χ4n) is 3.65. The van der Waals surface area contributed by atoms with Crippen LogP contribution in [-0.2, 0) is 39.9 Å². The molecule has 0 radical (unpaired) electrons. The molecule has 3 rings (SSSR count). The molecule has 1 heterocycles. The molecule has 1 aliphatic rings. The molecule has 8 heteroatoms. The number of esters is 2. The molecular formula is C27H34O7S. The number of benzene rings is 2. The molecule has 35 heavy (non-hydrogen) atoms. The topological polar surface area (TPSA) is 80.3 Å². The molecule has 1 fully saturated rings. The van der Waals surface area contributed by atoms with E-state index in [9.17, 15) is 9.59 Å². The Morgan fingerprint density at radius 2 is 1.63 bits per heavy atom. The van der Waals surface area contributed by atoms with Crippen LogP contribution >= 0.6 is 11.8 Å². The van der Waals surface area contributed by atoms with E-state index in [1.54, 1.807) is 20.8 Å². The third kappa shape index (κ3) is 7.80. The molecule has 1 saturated heterocycles. The predicted molar refractivity (Wildman–Crippen MR) is 133 cm³/mol. The van der Waals surface area contributed by atoms with Gasteiger partial charge in [0.25, 0.3) is 0 Å². The first-order chi connectivity index (χ1) is 16.7. The van der Waals surface area contributed by atoms with E-state index in [1.807, 2.05) is 60.7 Å². The minimum Gasteiger partial charge on any atom is -0.457 e. The molecule has 0 N–H and O–H groups in total. The summed E-state index contributed by atoms with van der Waals surface area (Å²) in [5.41, 5.74) is -0.267. The fourth-order valence-corrected chi connectivity index (χ4v) is 4.76. The zero-order valence-corrected chi connectivity index (χ0v) is 21.7. The zero-order valence-electron chi connectivity index (χ0n) is 20.8. The third-order valence-corrected chi connectivity index (χ3v) is 6.56. The molecule has 0 aliphatic carbocycles. The Morgan fingerprint density at radius 1 is 1.00 bits per heavy atom. The Balaban J connectivity index is 1.81. The summed E-state index contributed by atoms with van der Waals surface area (Å²) in [7, 11) is 1.53. The van der Waals surface area contributed by atoms with E-state index >= 15 is 0 Å². The van der Waals surface area contributed by atoms with E-state index in [4.69, 9.17) is 23.7 Å². The van der Waals surface area contributed by atoms with Crippen molar-refractivity contribution in [3.8, 4) is 0 Å². The van der Waals surface area contributed by atoms with Gasteiger partial charge < -0.3 is 23.7 Å². The van der Waals surface area contributed by atoms with Crippen LogP contribution in [0.1, 0.15) is 33.3 Å². The van der Waals surface area contributed by atoms with Crippen molar-refractivity contribution in [2.75, 3.05) is 13.7 Å². The lowest BCUT2D eigenvalue weighted by molar-refractivity contribution is -0.169. The first-order valence-electron chi connectivity index (χ1n) is 11.6. The van der Waals surface area contributed by atoms with Crippen LogP contribution in [0.25, 0.3) is 0 Å². The summed E-state index contributed by atoms with van der Waals surface area (Å²) < 4.78 is 29.6. The second-order valence-corrected chi connectivity index (χ2v) is 10.5. The number of thioether (sulfide) groups is 1. The number of hydrogen-bond donors (Lipinski definition) is 0. The summed E-state index contributed by atoms with van der Waals surface area (Å²) in [4.78, 5) is 25.7. The highest BCUT2D eigenvalue weighted by molar-refractivity contribution is 7.99. The van der Waals surface area contributed by atoms with Crippen molar-refractivity contribution in [2.45, 2.75) is 69.0 Å². The maximum Gasteiger partial charge on any atom is 0.311 e. The van der Waals surface area contributed by atoms with E-state index in [0.29, 0.717) is 6.61 Å². The summed E-state index contributed by atoms with van der Waals surface area (Å²) in [6.07, 6.45) is -2.82. The third-order valence-electron chi connectivity index (χ3n) is 5.41. The van der Waals surface area contributed by atoms with Crippen LogP contribution < -0.4 is 0 Å². The average Bonchev–Trinajstić information content (AvgIpc) is 3.15. The largest absolute Gasteiger partial charge is 0.457 e. The highest BCUT2D eigenvalue weighted by Gasteiger charge is 2.52. The van der Waals surface area contributed by atoms with Gasteiger partial charge in [-0.2, -0.15) is 0 Å². The average molecular weight is 503 g/mol. The van der Waals surface area contributed by atoms with Crippen LogP contribution in [0, 0.1) is 5.41 Å². The molecule has 1 aliphatic heterocycles. The summed E-state index contributed by atoms with van der Waals surface area (Å²) in [5.74, 6) is -0.823. The summed E-state index contributed by atoms with van der Waals surface area (Å²) in [6.45, 7) is 7.18. The molecule has 0 unspecified atom stereocenters. The van der Waals surface area contributed by atoms with Crippen molar-refractivity contribution in [1.29, 1.82) is 0 Å². The van der Waals surface area contributed by atoms with E-state index in [0.717, 1.165) is 10.5 Å². The van der Waals surface area contributed by atoms with Crippen LogP contribution in [0.4, 0.5) is 0 Å². The van der Waals surface area contributed by atoms with Gasteiger partial charge in [0.15, 0.2) is 12.2 Å².